The summed E-state index contributed by atoms with van der Waals surface area (Å²) in [5.41, 5.74) is 2.52. The molecule has 1 aromatic rings. The number of halogens is 1. The number of nitrogens with zero attached hydrogens (tertiary/aromatic N) is 1. The van der Waals surface area contributed by atoms with Gasteiger partial charge in [-0.3, -0.25) is 0 Å². The van der Waals surface area contributed by atoms with Crippen molar-refractivity contribution in [3.8, 4) is 0 Å². The Bertz CT molecular complexity index is 354. The van der Waals surface area contributed by atoms with Crippen LogP contribution >= 0.6 is 0 Å². The first-order valence-electron chi connectivity index (χ1n) is 6.50. The second kappa shape index (κ2) is 6.01. The summed E-state index contributed by atoms with van der Waals surface area (Å²) in [6, 6.07) is 8.80. The number of para-hydroxylation sites is 1. The van der Waals surface area contributed by atoms with E-state index in [-0.39, 0.29) is 6.67 Å². The van der Waals surface area contributed by atoms with Gasteiger partial charge >= 0.3 is 0 Å². The van der Waals surface area contributed by atoms with Crippen LogP contribution in [-0.2, 0) is 0 Å². The van der Waals surface area contributed by atoms with Gasteiger partial charge in [-0.1, -0.05) is 25.1 Å². The van der Waals surface area contributed by atoms with Crippen LogP contribution in [0.4, 0.5) is 10.1 Å². The van der Waals surface area contributed by atoms with Crippen molar-refractivity contribution in [1.82, 2.24) is 5.32 Å². The van der Waals surface area contributed by atoms with Gasteiger partial charge in [-0.25, -0.2) is 4.39 Å². The molecule has 0 saturated carbocycles. The van der Waals surface area contributed by atoms with Crippen LogP contribution in [0, 0.1) is 0 Å². The molecule has 2 rings (SSSR count). The van der Waals surface area contributed by atoms with Crippen molar-refractivity contribution in [1.29, 1.82) is 0 Å². The highest BCUT2D eigenvalue weighted by Gasteiger charge is 2.23. The van der Waals surface area contributed by atoms with E-state index in [2.05, 4.69) is 35.3 Å². The molecule has 1 aromatic carbocycles. The summed E-state index contributed by atoms with van der Waals surface area (Å²) in [7, 11) is 0. The lowest BCUT2D eigenvalue weighted by molar-refractivity contribution is 0.449. The van der Waals surface area contributed by atoms with Gasteiger partial charge in [-0.05, 0) is 31.0 Å². The molecule has 0 saturated heterocycles. The van der Waals surface area contributed by atoms with Gasteiger partial charge in [-0.15, -0.1) is 0 Å². The highest BCUT2D eigenvalue weighted by Crippen LogP contribution is 2.33. The third-order valence-corrected chi connectivity index (χ3v) is 3.34. The zero-order chi connectivity index (χ0) is 12.1. The molecule has 1 atom stereocenters. The number of hydrogen-bond donors (Lipinski definition) is 1. The summed E-state index contributed by atoms with van der Waals surface area (Å²) >= 11 is 0. The summed E-state index contributed by atoms with van der Waals surface area (Å²) < 4.78 is 12.5. The van der Waals surface area contributed by atoms with Gasteiger partial charge in [0.25, 0.3) is 0 Å². The number of alkyl halides is 1. The van der Waals surface area contributed by atoms with Crippen molar-refractivity contribution >= 4 is 5.69 Å². The van der Waals surface area contributed by atoms with Gasteiger partial charge in [0.05, 0.1) is 0 Å². The van der Waals surface area contributed by atoms with Gasteiger partial charge < -0.3 is 10.2 Å². The van der Waals surface area contributed by atoms with Crippen molar-refractivity contribution in [3.05, 3.63) is 29.8 Å². The van der Waals surface area contributed by atoms with E-state index in [1.54, 1.807) is 0 Å². The predicted octanol–water partition coefficient (Wildman–Crippen LogP) is 2.91. The van der Waals surface area contributed by atoms with E-state index in [9.17, 15) is 4.39 Å². The Morgan fingerprint density at radius 1 is 1.41 bits per heavy atom. The summed E-state index contributed by atoms with van der Waals surface area (Å²) in [6.07, 6.45) is 2.21. The zero-order valence-corrected chi connectivity index (χ0v) is 10.5. The predicted molar refractivity (Wildman–Crippen MR) is 70.3 cm³/mol. The fraction of sp³-hybridized carbons (Fsp3) is 0.571. The first kappa shape index (κ1) is 12.4. The fourth-order valence-electron chi connectivity index (χ4n) is 2.50. The minimum Gasteiger partial charge on any atom is -0.369 e. The van der Waals surface area contributed by atoms with Crippen LogP contribution < -0.4 is 10.2 Å². The number of rotatable bonds is 5. The van der Waals surface area contributed by atoms with E-state index >= 15 is 0 Å². The number of nitrogens with one attached hydrogen (secondary N) is 1. The summed E-state index contributed by atoms with van der Waals surface area (Å²) in [5.74, 6) is 0. The van der Waals surface area contributed by atoms with Crippen LogP contribution in [0.25, 0.3) is 0 Å². The molecule has 3 heteroatoms. The smallest absolute Gasteiger partial charge is 0.107 e. The second-order valence-corrected chi connectivity index (χ2v) is 4.53. The average molecular weight is 236 g/mol. The van der Waals surface area contributed by atoms with Crippen LogP contribution in [0.1, 0.15) is 31.4 Å². The van der Waals surface area contributed by atoms with Crippen LogP contribution in [-0.4, -0.2) is 26.3 Å². The molecule has 1 unspecified atom stereocenters. The minimum absolute atomic E-state index is 0.276. The molecule has 0 spiro atoms. The maximum absolute atomic E-state index is 12.5. The van der Waals surface area contributed by atoms with Gasteiger partial charge in [0.2, 0.25) is 0 Å². The highest BCUT2D eigenvalue weighted by atomic mass is 19.1. The Balaban J connectivity index is 2.17. The van der Waals surface area contributed by atoms with E-state index < -0.39 is 0 Å². The number of benzene rings is 1. The molecule has 0 aromatic heterocycles. The topological polar surface area (TPSA) is 15.3 Å². The summed E-state index contributed by atoms with van der Waals surface area (Å²) in [5, 5.41) is 3.57. The molecule has 0 bridgehead atoms. The van der Waals surface area contributed by atoms with Crippen molar-refractivity contribution < 1.29 is 4.39 Å². The zero-order valence-electron chi connectivity index (χ0n) is 10.5. The quantitative estimate of drug-likeness (QED) is 0.845. The Morgan fingerprint density at radius 2 is 2.24 bits per heavy atom. The van der Waals surface area contributed by atoms with E-state index in [1.165, 1.54) is 11.3 Å². The molecule has 0 amide bonds. The Hall–Kier alpha value is -1.09. The number of hydrogen-bond acceptors (Lipinski definition) is 2. The molecule has 2 nitrogen and oxygen atoms in total. The van der Waals surface area contributed by atoms with E-state index in [0.29, 0.717) is 12.6 Å². The Morgan fingerprint density at radius 3 is 3.00 bits per heavy atom. The molecule has 94 valence electrons. The Labute approximate surface area is 103 Å². The van der Waals surface area contributed by atoms with Crippen LogP contribution in [0.2, 0.25) is 0 Å². The lowest BCUT2D eigenvalue weighted by atomic mass is 9.96. The maximum atomic E-state index is 12.5. The molecule has 1 aliphatic heterocycles. The molecular weight excluding hydrogens is 215 g/mol. The van der Waals surface area contributed by atoms with Crippen molar-refractivity contribution in [2.75, 3.05) is 31.2 Å². The maximum Gasteiger partial charge on any atom is 0.107 e. The van der Waals surface area contributed by atoms with Crippen molar-refractivity contribution in [3.63, 3.8) is 0 Å². The normalized spacial score (nSPS) is 19.2. The van der Waals surface area contributed by atoms with E-state index in [0.717, 1.165) is 25.9 Å². The Kier molecular flexibility index (Phi) is 4.37. The molecular formula is C14H21FN2. The molecule has 0 aliphatic carbocycles. The van der Waals surface area contributed by atoms with Crippen LogP contribution in [0.5, 0.6) is 0 Å². The number of anilines is 1. The van der Waals surface area contributed by atoms with Crippen LogP contribution in [0.3, 0.4) is 0 Å². The molecule has 17 heavy (non-hydrogen) atoms. The average Bonchev–Trinajstić information content (AvgIpc) is 2.38. The molecule has 1 aliphatic rings. The van der Waals surface area contributed by atoms with Crippen molar-refractivity contribution in [2.45, 2.75) is 25.8 Å². The second-order valence-electron chi connectivity index (χ2n) is 4.53. The van der Waals surface area contributed by atoms with E-state index in [1.807, 2.05) is 6.07 Å². The third kappa shape index (κ3) is 2.78. The number of fused-ring (bicyclic) bond motifs is 1. The lowest BCUT2D eigenvalue weighted by Crippen LogP contribution is -2.37. The monoisotopic (exact) mass is 236 g/mol. The molecule has 0 radical (unpaired) electrons. The molecule has 1 heterocycles. The fourth-order valence-corrected chi connectivity index (χ4v) is 2.50. The van der Waals surface area contributed by atoms with Crippen LogP contribution in [0.15, 0.2) is 24.3 Å². The summed E-state index contributed by atoms with van der Waals surface area (Å²) in [4.78, 5) is 2.15. The van der Waals surface area contributed by atoms with Crippen molar-refractivity contribution in [2.24, 2.45) is 0 Å². The largest absolute Gasteiger partial charge is 0.369 e. The SMILES string of the molecule is CCCNC1CCN(CCF)c2ccccc21. The lowest BCUT2D eigenvalue weighted by Gasteiger charge is -2.35. The highest BCUT2D eigenvalue weighted by molar-refractivity contribution is 5.56. The van der Waals surface area contributed by atoms with Gasteiger partial charge in [0, 0.05) is 24.8 Å². The molecule has 0 fully saturated rings. The standard InChI is InChI=1S/C14H21FN2/c1-2-9-16-13-7-10-17(11-8-15)14-6-4-3-5-12(13)14/h3-6,13,16H,2,7-11H2,1H3. The third-order valence-electron chi connectivity index (χ3n) is 3.34. The van der Waals surface area contributed by atoms with Gasteiger partial charge in [0.15, 0.2) is 0 Å². The van der Waals surface area contributed by atoms with Gasteiger partial charge in [0.1, 0.15) is 6.67 Å². The van der Waals surface area contributed by atoms with E-state index in [4.69, 9.17) is 0 Å². The molecule has 1 N–H and O–H groups in total. The first-order chi connectivity index (χ1) is 8.36. The summed E-state index contributed by atoms with van der Waals surface area (Å²) in [6.45, 7) is 4.40. The van der Waals surface area contributed by atoms with Gasteiger partial charge in [-0.2, -0.15) is 0 Å². The first-order valence-corrected chi connectivity index (χ1v) is 6.50. The minimum atomic E-state index is -0.276.